The molecule has 1 saturated heterocycles. The standard InChI is InChI=1S/C4H8N2O2/c5-3-2(1-6-3)4(7)8/h2-3,6H,1,5H2,(H,7,8). The van der Waals surface area contributed by atoms with Crippen LogP contribution >= 0.6 is 0 Å². The van der Waals surface area contributed by atoms with Gasteiger partial charge in [0.2, 0.25) is 0 Å². The Morgan fingerprint density at radius 2 is 2.50 bits per heavy atom. The first-order valence-electron chi connectivity index (χ1n) is 2.43. The Balaban J connectivity index is 2.37. The summed E-state index contributed by atoms with van der Waals surface area (Å²) >= 11 is 0. The lowest BCUT2D eigenvalue weighted by molar-refractivity contribution is -0.145. The van der Waals surface area contributed by atoms with Crippen molar-refractivity contribution in [3.05, 3.63) is 0 Å². The zero-order chi connectivity index (χ0) is 6.15. The Morgan fingerprint density at radius 1 is 1.88 bits per heavy atom. The van der Waals surface area contributed by atoms with Crippen LogP contribution in [0.1, 0.15) is 0 Å². The molecule has 46 valence electrons. The number of rotatable bonds is 1. The van der Waals surface area contributed by atoms with Gasteiger partial charge in [-0.3, -0.25) is 4.79 Å². The zero-order valence-electron chi connectivity index (χ0n) is 4.29. The van der Waals surface area contributed by atoms with Crippen LogP contribution in [-0.2, 0) is 4.79 Å². The van der Waals surface area contributed by atoms with Gasteiger partial charge in [-0.25, -0.2) is 0 Å². The second-order valence-electron chi connectivity index (χ2n) is 1.88. The van der Waals surface area contributed by atoms with Crippen molar-refractivity contribution >= 4 is 5.97 Å². The fraction of sp³-hybridized carbons (Fsp3) is 0.750. The normalized spacial score (nSPS) is 36.1. The Morgan fingerprint density at radius 3 is 2.50 bits per heavy atom. The molecule has 0 spiro atoms. The highest BCUT2D eigenvalue weighted by atomic mass is 16.4. The quantitative estimate of drug-likeness (QED) is 0.393. The highest BCUT2D eigenvalue weighted by molar-refractivity contribution is 5.72. The topological polar surface area (TPSA) is 75.3 Å². The summed E-state index contributed by atoms with van der Waals surface area (Å²) in [7, 11) is 0. The van der Waals surface area contributed by atoms with Crippen molar-refractivity contribution in [2.45, 2.75) is 6.17 Å². The number of hydrogen-bond acceptors (Lipinski definition) is 3. The van der Waals surface area contributed by atoms with E-state index in [-0.39, 0.29) is 12.1 Å². The van der Waals surface area contributed by atoms with Gasteiger partial charge >= 0.3 is 5.97 Å². The van der Waals surface area contributed by atoms with E-state index in [2.05, 4.69) is 5.32 Å². The van der Waals surface area contributed by atoms with Crippen molar-refractivity contribution in [1.82, 2.24) is 5.32 Å². The summed E-state index contributed by atoms with van der Waals surface area (Å²) in [5.41, 5.74) is 5.23. The van der Waals surface area contributed by atoms with Crippen LogP contribution in [0.25, 0.3) is 0 Å². The molecule has 0 amide bonds. The molecule has 8 heavy (non-hydrogen) atoms. The van der Waals surface area contributed by atoms with E-state index < -0.39 is 5.97 Å². The average Bonchev–Trinajstić information content (AvgIpc) is 1.61. The number of carboxylic acid groups (broad SMARTS) is 1. The molecule has 1 heterocycles. The summed E-state index contributed by atoms with van der Waals surface area (Å²) in [5, 5.41) is 11.0. The largest absolute Gasteiger partial charge is 0.481 e. The maximum atomic E-state index is 10.1. The first-order chi connectivity index (χ1) is 3.72. The van der Waals surface area contributed by atoms with Gasteiger partial charge in [0, 0.05) is 6.54 Å². The van der Waals surface area contributed by atoms with Gasteiger partial charge in [0.25, 0.3) is 0 Å². The van der Waals surface area contributed by atoms with Crippen LogP contribution in [0.2, 0.25) is 0 Å². The van der Waals surface area contributed by atoms with E-state index in [0.29, 0.717) is 6.54 Å². The van der Waals surface area contributed by atoms with E-state index in [1.807, 2.05) is 0 Å². The molecule has 4 heteroatoms. The second kappa shape index (κ2) is 1.72. The second-order valence-corrected chi connectivity index (χ2v) is 1.88. The smallest absolute Gasteiger partial charge is 0.310 e. The predicted molar refractivity (Wildman–Crippen MR) is 27.1 cm³/mol. The van der Waals surface area contributed by atoms with Crippen molar-refractivity contribution < 1.29 is 9.90 Å². The molecule has 0 aromatic carbocycles. The van der Waals surface area contributed by atoms with Crippen molar-refractivity contribution in [3.8, 4) is 0 Å². The Labute approximate surface area is 46.7 Å². The van der Waals surface area contributed by atoms with Crippen LogP contribution < -0.4 is 11.1 Å². The molecule has 1 aliphatic rings. The fourth-order valence-corrected chi connectivity index (χ4v) is 0.613. The highest BCUT2D eigenvalue weighted by Crippen LogP contribution is 2.06. The van der Waals surface area contributed by atoms with E-state index in [9.17, 15) is 4.79 Å². The third-order valence-electron chi connectivity index (χ3n) is 1.32. The van der Waals surface area contributed by atoms with Gasteiger partial charge in [-0.05, 0) is 0 Å². The molecule has 0 bridgehead atoms. The van der Waals surface area contributed by atoms with E-state index in [1.165, 1.54) is 0 Å². The van der Waals surface area contributed by atoms with Crippen LogP contribution in [0, 0.1) is 5.92 Å². The van der Waals surface area contributed by atoms with Gasteiger partial charge in [0.05, 0.1) is 12.1 Å². The molecule has 0 saturated carbocycles. The monoisotopic (exact) mass is 116 g/mol. The molecule has 4 nitrogen and oxygen atoms in total. The van der Waals surface area contributed by atoms with E-state index in [4.69, 9.17) is 10.8 Å². The summed E-state index contributed by atoms with van der Waals surface area (Å²) in [4.78, 5) is 10.1. The predicted octanol–water partition coefficient (Wildman–Crippen LogP) is -1.42. The Hall–Kier alpha value is -0.610. The van der Waals surface area contributed by atoms with Crippen LogP contribution in [0.15, 0.2) is 0 Å². The van der Waals surface area contributed by atoms with Gasteiger partial charge in [-0.1, -0.05) is 0 Å². The summed E-state index contributed by atoms with van der Waals surface area (Å²) in [5.74, 6) is -1.17. The summed E-state index contributed by atoms with van der Waals surface area (Å²) in [6, 6.07) is 0. The lowest BCUT2D eigenvalue weighted by Gasteiger charge is -2.31. The molecule has 1 aliphatic heterocycles. The lowest BCUT2D eigenvalue weighted by atomic mass is 10.00. The molecule has 2 atom stereocenters. The van der Waals surface area contributed by atoms with Crippen molar-refractivity contribution in [2.75, 3.05) is 6.54 Å². The summed E-state index contributed by atoms with van der Waals surface area (Å²) in [6.07, 6.45) is -0.326. The van der Waals surface area contributed by atoms with Gasteiger partial charge in [-0.2, -0.15) is 0 Å². The number of carboxylic acids is 1. The minimum Gasteiger partial charge on any atom is -0.481 e. The van der Waals surface area contributed by atoms with Crippen LogP contribution in [0.5, 0.6) is 0 Å². The lowest BCUT2D eigenvalue weighted by Crippen LogP contribution is -2.61. The molecular formula is C4H8N2O2. The molecule has 0 aromatic rings. The van der Waals surface area contributed by atoms with Crippen LogP contribution in [0.4, 0.5) is 0 Å². The Kier molecular flexibility index (Phi) is 1.19. The highest BCUT2D eigenvalue weighted by Gasteiger charge is 2.32. The van der Waals surface area contributed by atoms with Crippen molar-refractivity contribution in [3.63, 3.8) is 0 Å². The molecule has 0 radical (unpaired) electrons. The Bertz CT molecular complexity index is 115. The van der Waals surface area contributed by atoms with Crippen molar-refractivity contribution in [2.24, 2.45) is 11.7 Å². The van der Waals surface area contributed by atoms with Crippen LogP contribution in [-0.4, -0.2) is 23.8 Å². The summed E-state index contributed by atoms with van der Waals surface area (Å²) in [6.45, 7) is 0.510. The van der Waals surface area contributed by atoms with E-state index in [0.717, 1.165) is 0 Å². The third-order valence-corrected chi connectivity index (χ3v) is 1.32. The molecule has 1 rings (SSSR count). The SMILES string of the molecule is NC1NCC1C(=O)O. The first-order valence-corrected chi connectivity index (χ1v) is 2.43. The van der Waals surface area contributed by atoms with Crippen LogP contribution in [0.3, 0.4) is 0 Å². The van der Waals surface area contributed by atoms with Gasteiger partial charge in [0.15, 0.2) is 0 Å². The maximum absolute atomic E-state index is 10.1. The number of carbonyl (C=O) groups is 1. The molecular weight excluding hydrogens is 108 g/mol. The molecule has 0 aliphatic carbocycles. The number of nitrogens with one attached hydrogen (secondary N) is 1. The van der Waals surface area contributed by atoms with Gasteiger partial charge < -0.3 is 16.2 Å². The molecule has 2 unspecified atom stereocenters. The molecule has 0 aromatic heterocycles. The first kappa shape index (κ1) is 5.53. The minimum absolute atomic E-state index is 0.326. The number of aliphatic carboxylic acids is 1. The van der Waals surface area contributed by atoms with Gasteiger partial charge in [0.1, 0.15) is 0 Å². The average molecular weight is 116 g/mol. The third kappa shape index (κ3) is 0.677. The van der Waals surface area contributed by atoms with Crippen molar-refractivity contribution in [1.29, 1.82) is 0 Å². The number of hydrogen-bond donors (Lipinski definition) is 3. The minimum atomic E-state index is -0.809. The maximum Gasteiger partial charge on any atom is 0.310 e. The van der Waals surface area contributed by atoms with Gasteiger partial charge in [-0.15, -0.1) is 0 Å². The van der Waals surface area contributed by atoms with E-state index in [1.54, 1.807) is 0 Å². The number of nitrogens with two attached hydrogens (primary N) is 1. The molecule has 4 N–H and O–H groups in total. The fourth-order valence-electron chi connectivity index (χ4n) is 0.613. The molecule has 1 fully saturated rings. The van der Waals surface area contributed by atoms with E-state index >= 15 is 0 Å². The zero-order valence-corrected chi connectivity index (χ0v) is 4.29. The summed E-state index contributed by atoms with van der Waals surface area (Å²) < 4.78 is 0.